The molecule has 0 fully saturated rings. The molecule has 0 bridgehead atoms. The molecule has 0 aliphatic heterocycles. The highest BCUT2D eigenvalue weighted by Crippen LogP contribution is 2.22. The molecule has 0 radical (unpaired) electrons. The first-order valence-corrected chi connectivity index (χ1v) is 7.43. The molecule has 6 heteroatoms. The van der Waals surface area contributed by atoms with Gasteiger partial charge in [-0.1, -0.05) is 11.6 Å². The number of hydrogen-bond acceptors (Lipinski definition) is 5. The summed E-state index contributed by atoms with van der Waals surface area (Å²) in [7, 11) is 0. The molecule has 22 heavy (non-hydrogen) atoms. The van der Waals surface area contributed by atoms with Gasteiger partial charge in [0, 0.05) is 10.6 Å². The van der Waals surface area contributed by atoms with Crippen LogP contribution in [0, 0.1) is 0 Å². The summed E-state index contributed by atoms with van der Waals surface area (Å²) in [5.41, 5.74) is 0.0954. The maximum atomic E-state index is 11.8. The van der Waals surface area contributed by atoms with E-state index in [1.165, 1.54) is 0 Å². The Balaban J connectivity index is 2.00. The minimum atomic E-state index is -0.801. The fourth-order valence-electron chi connectivity index (χ4n) is 1.82. The summed E-state index contributed by atoms with van der Waals surface area (Å²) in [5.74, 6) is 0.851. The summed E-state index contributed by atoms with van der Waals surface area (Å²) < 4.78 is 10.7. The summed E-state index contributed by atoms with van der Waals surface area (Å²) in [4.78, 5) is 16.0. The van der Waals surface area contributed by atoms with Gasteiger partial charge in [0.1, 0.15) is 5.54 Å². The number of nitrogens with zero attached hydrogens (tertiary/aromatic N) is 1. The fraction of sp³-hybridized carbons (Fsp3) is 0.375. The van der Waals surface area contributed by atoms with Gasteiger partial charge in [0.25, 0.3) is 0 Å². The van der Waals surface area contributed by atoms with E-state index in [9.17, 15) is 4.79 Å². The molecule has 1 N–H and O–H groups in total. The molecule has 1 aromatic heterocycles. The monoisotopic (exact) mass is 322 g/mol. The average molecular weight is 323 g/mol. The Morgan fingerprint density at radius 3 is 2.68 bits per heavy atom. The van der Waals surface area contributed by atoms with Crippen molar-refractivity contribution in [3.8, 4) is 11.3 Å². The van der Waals surface area contributed by atoms with Crippen LogP contribution in [0.1, 0.15) is 26.7 Å². The summed E-state index contributed by atoms with van der Waals surface area (Å²) in [6, 6.07) is 7.31. The van der Waals surface area contributed by atoms with Gasteiger partial charge in [0.15, 0.2) is 5.76 Å². The Labute approximate surface area is 134 Å². The van der Waals surface area contributed by atoms with Gasteiger partial charge < -0.3 is 9.15 Å². The second-order valence-electron chi connectivity index (χ2n) is 5.32. The number of aromatic nitrogens is 1. The van der Waals surface area contributed by atoms with Gasteiger partial charge in [0.2, 0.25) is 5.89 Å². The van der Waals surface area contributed by atoms with Crippen LogP contribution in [0.5, 0.6) is 0 Å². The van der Waals surface area contributed by atoms with Gasteiger partial charge in [-0.2, -0.15) is 0 Å². The Morgan fingerprint density at radius 2 is 2.05 bits per heavy atom. The van der Waals surface area contributed by atoms with Crippen LogP contribution in [0.3, 0.4) is 0 Å². The van der Waals surface area contributed by atoms with E-state index < -0.39 is 5.54 Å². The molecule has 0 atom stereocenters. The third-order valence-electron chi connectivity index (χ3n) is 3.15. The predicted octanol–water partition coefficient (Wildman–Crippen LogP) is 3.43. The standard InChI is InChI=1S/C16H19ClN2O3/c1-4-21-15(20)16(2,3)19-10-14-18-9-13(22-14)11-5-7-12(17)8-6-11/h5-9,19H,4,10H2,1-3H3. The fourth-order valence-corrected chi connectivity index (χ4v) is 1.95. The molecule has 0 saturated heterocycles. The average Bonchev–Trinajstić information content (AvgIpc) is 2.95. The number of esters is 1. The number of hydrogen-bond donors (Lipinski definition) is 1. The second-order valence-corrected chi connectivity index (χ2v) is 5.76. The molecule has 2 rings (SSSR count). The zero-order valence-electron chi connectivity index (χ0n) is 12.9. The molecule has 5 nitrogen and oxygen atoms in total. The minimum absolute atomic E-state index is 0.306. The molecule has 1 aromatic carbocycles. The van der Waals surface area contributed by atoms with Crippen LogP contribution in [0.2, 0.25) is 5.02 Å². The molecule has 0 aliphatic carbocycles. The van der Waals surface area contributed by atoms with E-state index in [0.717, 1.165) is 5.56 Å². The number of carbonyl (C=O) groups excluding carboxylic acids is 1. The van der Waals surface area contributed by atoms with Crippen LogP contribution >= 0.6 is 11.6 Å². The molecule has 0 amide bonds. The van der Waals surface area contributed by atoms with E-state index in [4.69, 9.17) is 20.8 Å². The third kappa shape index (κ3) is 4.08. The van der Waals surface area contributed by atoms with E-state index in [-0.39, 0.29) is 5.97 Å². The van der Waals surface area contributed by atoms with Crippen molar-refractivity contribution in [3.05, 3.63) is 41.4 Å². The van der Waals surface area contributed by atoms with Crippen LogP contribution in [0.25, 0.3) is 11.3 Å². The Hall–Kier alpha value is -1.85. The van der Waals surface area contributed by atoms with Crippen molar-refractivity contribution >= 4 is 17.6 Å². The molecule has 1 heterocycles. The van der Waals surface area contributed by atoms with Crippen LogP contribution in [-0.4, -0.2) is 23.1 Å². The van der Waals surface area contributed by atoms with Gasteiger partial charge in [-0.05, 0) is 45.0 Å². The molecule has 0 saturated carbocycles. The van der Waals surface area contributed by atoms with Crippen LogP contribution < -0.4 is 5.32 Å². The van der Waals surface area contributed by atoms with E-state index in [1.807, 2.05) is 12.1 Å². The number of carbonyl (C=O) groups is 1. The van der Waals surface area contributed by atoms with Crippen molar-refractivity contribution in [1.29, 1.82) is 0 Å². The quantitative estimate of drug-likeness (QED) is 0.825. The van der Waals surface area contributed by atoms with Crippen molar-refractivity contribution in [2.75, 3.05) is 6.61 Å². The number of rotatable bonds is 6. The smallest absolute Gasteiger partial charge is 0.325 e. The maximum Gasteiger partial charge on any atom is 0.325 e. The van der Waals surface area contributed by atoms with Crippen molar-refractivity contribution in [2.45, 2.75) is 32.9 Å². The lowest BCUT2D eigenvalue weighted by molar-refractivity contribution is -0.149. The topological polar surface area (TPSA) is 64.4 Å². The summed E-state index contributed by atoms with van der Waals surface area (Å²) in [6.07, 6.45) is 1.65. The van der Waals surface area contributed by atoms with Crippen molar-refractivity contribution in [2.24, 2.45) is 0 Å². The highest BCUT2D eigenvalue weighted by Gasteiger charge is 2.28. The molecular formula is C16H19ClN2O3. The lowest BCUT2D eigenvalue weighted by Crippen LogP contribution is -2.47. The Bertz CT molecular complexity index is 635. The van der Waals surface area contributed by atoms with Gasteiger partial charge in [-0.3, -0.25) is 10.1 Å². The summed E-state index contributed by atoms with van der Waals surface area (Å²) >= 11 is 5.86. The molecule has 0 unspecified atom stereocenters. The maximum absolute atomic E-state index is 11.8. The molecular weight excluding hydrogens is 304 g/mol. The lowest BCUT2D eigenvalue weighted by atomic mass is 10.1. The van der Waals surface area contributed by atoms with Crippen molar-refractivity contribution < 1.29 is 13.9 Å². The van der Waals surface area contributed by atoms with E-state index >= 15 is 0 Å². The van der Waals surface area contributed by atoms with Gasteiger partial charge in [0.05, 0.1) is 19.3 Å². The molecule has 2 aromatic rings. The number of oxazole rings is 1. The van der Waals surface area contributed by atoms with Crippen LogP contribution in [-0.2, 0) is 16.1 Å². The number of ether oxygens (including phenoxy) is 1. The third-order valence-corrected chi connectivity index (χ3v) is 3.40. The normalized spacial score (nSPS) is 11.5. The Kier molecular flexibility index (Phi) is 5.21. The molecule has 118 valence electrons. The zero-order valence-corrected chi connectivity index (χ0v) is 13.6. The van der Waals surface area contributed by atoms with Crippen molar-refractivity contribution in [1.82, 2.24) is 10.3 Å². The Morgan fingerprint density at radius 1 is 1.36 bits per heavy atom. The molecule has 0 aliphatic rings. The number of benzene rings is 1. The van der Waals surface area contributed by atoms with E-state index in [1.54, 1.807) is 39.1 Å². The number of halogens is 1. The first kappa shape index (κ1) is 16.5. The van der Waals surface area contributed by atoms with E-state index in [0.29, 0.717) is 29.8 Å². The summed E-state index contributed by atoms with van der Waals surface area (Å²) in [6.45, 7) is 5.98. The zero-order chi connectivity index (χ0) is 16.2. The van der Waals surface area contributed by atoms with Crippen LogP contribution in [0.4, 0.5) is 0 Å². The first-order chi connectivity index (χ1) is 10.4. The summed E-state index contributed by atoms with van der Waals surface area (Å²) in [5, 5.41) is 3.75. The van der Waals surface area contributed by atoms with E-state index in [2.05, 4.69) is 10.3 Å². The highest BCUT2D eigenvalue weighted by atomic mass is 35.5. The highest BCUT2D eigenvalue weighted by molar-refractivity contribution is 6.30. The molecule has 0 spiro atoms. The first-order valence-electron chi connectivity index (χ1n) is 7.05. The largest absolute Gasteiger partial charge is 0.465 e. The predicted molar refractivity (Wildman–Crippen MR) is 84.5 cm³/mol. The lowest BCUT2D eigenvalue weighted by Gasteiger charge is -2.22. The SMILES string of the molecule is CCOC(=O)C(C)(C)NCc1ncc(-c2ccc(Cl)cc2)o1. The van der Waals surface area contributed by atoms with Crippen molar-refractivity contribution in [3.63, 3.8) is 0 Å². The van der Waals surface area contributed by atoms with Crippen LogP contribution in [0.15, 0.2) is 34.9 Å². The second kappa shape index (κ2) is 6.94. The minimum Gasteiger partial charge on any atom is -0.465 e. The number of nitrogens with one attached hydrogen (secondary N) is 1. The van der Waals surface area contributed by atoms with Gasteiger partial charge >= 0.3 is 5.97 Å². The van der Waals surface area contributed by atoms with Gasteiger partial charge in [-0.15, -0.1) is 0 Å². The van der Waals surface area contributed by atoms with Gasteiger partial charge in [-0.25, -0.2) is 4.98 Å².